The molecule has 0 saturated carbocycles. The smallest absolute Gasteiger partial charge is 0.261 e. The summed E-state index contributed by atoms with van der Waals surface area (Å²) in [5, 5.41) is 8.50. The molecule has 0 aliphatic rings. The van der Waals surface area contributed by atoms with Crippen molar-refractivity contribution in [1.82, 2.24) is 0 Å². The summed E-state index contributed by atoms with van der Waals surface area (Å²) in [5.41, 5.74) is 0.962. The molecule has 0 unspecified atom stereocenters. The van der Waals surface area contributed by atoms with Crippen LogP contribution in [-0.4, -0.2) is 30.9 Å². The van der Waals surface area contributed by atoms with Gasteiger partial charge in [0.15, 0.2) is 0 Å². The van der Waals surface area contributed by atoms with Gasteiger partial charge in [-0.05, 0) is 24.1 Å². The Balaban J connectivity index is 0.000000336. The average molecular weight is 236 g/mol. The molecule has 0 saturated heterocycles. The van der Waals surface area contributed by atoms with Crippen molar-refractivity contribution in [3.05, 3.63) is 35.6 Å². The second-order valence-electron chi connectivity index (χ2n) is 2.83. The highest BCUT2D eigenvalue weighted by atomic mass is 32.2. The molecule has 0 atom stereocenters. The molecule has 0 aromatic heterocycles. The zero-order chi connectivity index (χ0) is 11.9. The maximum atomic E-state index is 12.3. The Kier molecular flexibility index (Phi) is 6.07. The molecule has 0 amide bonds. The molecule has 0 radical (unpaired) electrons. The third kappa shape index (κ3) is 10.9. The summed E-state index contributed by atoms with van der Waals surface area (Å²) in [4.78, 5) is 0. The van der Waals surface area contributed by atoms with Gasteiger partial charge in [0.1, 0.15) is 5.82 Å². The van der Waals surface area contributed by atoms with Crippen molar-refractivity contribution < 1.29 is 22.5 Å². The molecular formula is C9H13FO4S. The van der Waals surface area contributed by atoms with Crippen LogP contribution in [0, 0.1) is 5.82 Å². The van der Waals surface area contributed by atoms with E-state index in [0.717, 1.165) is 5.56 Å². The second kappa shape index (κ2) is 6.49. The molecule has 0 aliphatic carbocycles. The average Bonchev–Trinajstić information content (AvgIpc) is 2.06. The molecular weight excluding hydrogens is 223 g/mol. The molecule has 86 valence electrons. The van der Waals surface area contributed by atoms with Crippen molar-refractivity contribution in [3.63, 3.8) is 0 Å². The minimum atomic E-state index is -3.67. The summed E-state index contributed by atoms with van der Waals surface area (Å²) in [7, 11) is -3.67. The number of benzene rings is 1. The number of halogens is 1. The summed E-state index contributed by atoms with van der Waals surface area (Å²) >= 11 is 0. The van der Waals surface area contributed by atoms with Crippen LogP contribution >= 0.6 is 0 Å². The van der Waals surface area contributed by atoms with Crippen LogP contribution in [0.2, 0.25) is 0 Å². The molecule has 15 heavy (non-hydrogen) atoms. The van der Waals surface area contributed by atoms with Crippen LogP contribution in [0.3, 0.4) is 0 Å². The van der Waals surface area contributed by atoms with E-state index in [0.29, 0.717) is 12.7 Å². The lowest BCUT2D eigenvalue weighted by Crippen LogP contribution is -1.89. The number of hydrogen-bond donors (Lipinski definition) is 2. The lowest BCUT2D eigenvalue weighted by atomic mass is 10.2. The summed E-state index contributed by atoms with van der Waals surface area (Å²) in [5.74, 6) is -0.235. The minimum absolute atomic E-state index is 0.117. The van der Waals surface area contributed by atoms with Crippen molar-refractivity contribution in [3.8, 4) is 0 Å². The monoisotopic (exact) mass is 236 g/mol. The Morgan fingerprint density at radius 1 is 1.27 bits per heavy atom. The van der Waals surface area contributed by atoms with Crippen molar-refractivity contribution in [1.29, 1.82) is 0 Å². The fraction of sp³-hybridized carbons (Fsp3) is 0.333. The third-order valence-electron chi connectivity index (χ3n) is 1.31. The molecule has 0 fully saturated rings. The molecule has 0 bridgehead atoms. The fourth-order valence-electron chi connectivity index (χ4n) is 0.780. The number of aliphatic hydroxyl groups excluding tert-OH is 1. The molecule has 6 heteroatoms. The van der Waals surface area contributed by atoms with Crippen LogP contribution < -0.4 is 0 Å². The van der Waals surface area contributed by atoms with Gasteiger partial charge in [0.25, 0.3) is 10.1 Å². The Labute approximate surface area is 88.1 Å². The summed E-state index contributed by atoms with van der Waals surface area (Å²) in [6, 6.07) is 6.13. The highest BCUT2D eigenvalue weighted by Gasteiger charge is 1.90. The number of hydrogen-bond acceptors (Lipinski definition) is 3. The Morgan fingerprint density at radius 2 is 1.67 bits per heavy atom. The van der Waals surface area contributed by atoms with Crippen LogP contribution in [0.4, 0.5) is 4.39 Å². The SMILES string of the molecule is CS(=O)(=O)O.OCCc1ccc(F)cc1. The van der Waals surface area contributed by atoms with E-state index in [1.807, 2.05) is 0 Å². The summed E-state index contributed by atoms with van der Waals surface area (Å²) < 4.78 is 38.1. The Hall–Kier alpha value is -0.980. The zero-order valence-electron chi connectivity index (χ0n) is 8.22. The van der Waals surface area contributed by atoms with Crippen LogP contribution in [0.15, 0.2) is 24.3 Å². The first-order chi connectivity index (χ1) is 6.83. The number of rotatable bonds is 2. The van der Waals surface area contributed by atoms with Gasteiger partial charge < -0.3 is 5.11 Å². The largest absolute Gasteiger partial charge is 0.396 e. The van der Waals surface area contributed by atoms with Gasteiger partial charge in [-0.15, -0.1) is 0 Å². The maximum absolute atomic E-state index is 12.3. The van der Waals surface area contributed by atoms with E-state index >= 15 is 0 Å². The number of aliphatic hydroxyl groups is 1. The van der Waals surface area contributed by atoms with Gasteiger partial charge in [-0.3, -0.25) is 4.55 Å². The Bertz CT molecular complexity index is 364. The summed E-state index contributed by atoms with van der Waals surface area (Å²) in [6.45, 7) is 0.117. The van der Waals surface area contributed by atoms with E-state index in [2.05, 4.69) is 0 Å². The van der Waals surface area contributed by atoms with Gasteiger partial charge >= 0.3 is 0 Å². The quantitative estimate of drug-likeness (QED) is 0.747. The molecule has 1 aromatic rings. The molecule has 1 aromatic carbocycles. The first kappa shape index (κ1) is 14.0. The predicted octanol–water partition coefficient (Wildman–Crippen LogP) is 0.865. The van der Waals surface area contributed by atoms with Gasteiger partial charge in [-0.25, -0.2) is 4.39 Å². The highest BCUT2D eigenvalue weighted by molar-refractivity contribution is 7.85. The van der Waals surface area contributed by atoms with Gasteiger partial charge in [-0.1, -0.05) is 12.1 Å². The van der Waals surface area contributed by atoms with Crippen molar-refractivity contribution in [2.24, 2.45) is 0 Å². The van der Waals surface area contributed by atoms with E-state index < -0.39 is 10.1 Å². The third-order valence-corrected chi connectivity index (χ3v) is 1.31. The van der Waals surface area contributed by atoms with E-state index in [1.165, 1.54) is 12.1 Å². The lowest BCUT2D eigenvalue weighted by Gasteiger charge is -1.95. The standard InChI is InChI=1S/C8H9FO.CH4O3S/c9-8-3-1-7(2-4-8)5-6-10;1-5(2,3)4/h1-4,10H,5-6H2;1H3,(H,2,3,4). The van der Waals surface area contributed by atoms with Crippen molar-refractivity contribution in [2.45, 2.75) is 6.42 Å². The maximum Gasteiger partial charge on any atom is 0.261 e. The molecule has 0 heterocycles. The molecule has 1 rings (SSSR count). The van der Waals surface area contributed by atoms with Crippen LogP contribution in [0.5, 0.6) is 0 Å². The van der Waals surface area contributed by atoms with E-state index in [4.69, 9.17) is 9.66 Å². The first-order valence-electron chi connectivity index (χ1n) is 4.10. The van der Waals surface area contributed by atoms with Gasteiger partial charge in [0.05, 0.1) is 6.26 Å². The molecule has 2 N–H and O–H groups in total. The molecule has 0 spiro atoms. The van der Waals surface area contributed by atoms with Gasteiger partial charge in [-0.2, -0.15) is 8.42 Å². The van der Waals surface area contributed by atoms with Gasteiger partial charge in [0, 0.05) is 6.61 Å². The molecule has 4 nitrogen and oxygen atoms in total. The normalized spacial score (nSPS) is 10.4. The summed E-state index contributed by atoms with van der Waals surface area (Å²) in [6.07, 6.45) is 1.31. The van der Waals surface area contributed by atoms with Crippen molar-refractivity contribution in [2.75, 3.05) is 12.9 Å². The van der Waals surface area contributed by atoms with Crippen LogP contribution in [-0.2, 0) is 16.5 Å². The topological polar surface area (TPSA) is 74.6 Å². The van der Waals surface area contributed by atoms with E-state index in [9.17, 15) is 12.8 Å². The highest BCUT2D eigenvalue weighted by Crippen LogP contribution is 2.02. The van der Waals surface area contributed by atoms with Crippen LogP contribution in [0.25, 0.3) is 0 Å². The zero-order valence-corrected chi connectivity index (χ0v) is 9.04. The fourth-order valence-corrected chi connectivity index (χ4v) is 0.780. The van der Waals surface area contributed by atoms with Crippen molar-refractivity contribution >= 4 is 10.1 Å². The first-order valence-corrected chi connectivity index (χ1v) is 5.95. The van der Waals surface area contributed by atoms with E-state index in [-0.39, 0.29) is 12.4 Å². The Morgan fingerprint density at radius 3 is 2.00 bits per heavy atom. The second-order valence-corrected chi connectivity index (χ2v) is 4.30. The van der Waals surface area contributed by atoms with E-state index in [1.54, 1.807) is 12.1 Å². The molecule has 0 aliphatic heterocycles. The van der Waals surface area contributed by atoms with Gasteiger partial charge in [0.2, 0.25) is 0 Å². The predicted molar refractivity (Wildman–Crippen MR) is 54.7 cm³/mol. The lowest BCUT2D eigenvalue weighted by molar-refractivity contribution is 0.299. The van der Waals surface area contributed by atoms with Crippen LogP contribution in [0.1, 0.15) is 5.56 Å². The minimum Gasteiger partial charge on any atom is -0.396 e.